The zero-order valence-electron chi connectivity index (χ0n) is 13.5. The molecule has 0 bridgehead atoms. The molecule has 0 saturated carbocycles. The third kappa shape index (κ3) is 4.98. The summed E-state index contributed by atoms with van der Waals surface area (Å²) in [4.78, 5) is 17.9. The summed E-state index contributed by atoms with van der Waals surface area (Å²) in [6.45, 7) is 0. The molecule has 0 radical (unpaired) electrons. The summed E-state index contributed by atoms with van der Waals surface area (Å²) in [6, 6.07) is 18.5. The van der Waals surface area contributed by atoms with E-state index in [9.17, 15) is 4.79 Å². The Bertz CT molecular complexity index is 688. The third-order valence-electron chi connectivity index (χ3n) is 3.27. The standard InChI is InChI=1S/C18H19Cl2N3O/c1-23(2)17(13-9-5-3-6-10-13)21-16(15(19)20)22-18(24)14-11-7-4-8-12-14/h3-12,15-16H,1-2H3,(H,22,24)/b21-17-. The summed E-state index contributed by atoms with van der Waals surface area (Å²) in [5.74, 6) is 0.405. The molecule has 0 aliphatic carbocycles. The van der Waals surface area contributed by atoms with Crippen LogP contribution in [0.3, 0.4) is 0 Å². The molecule has 0 aromatic heterocycles. The lowest BCUT2D eigenvalue weighted by Gasteiger charge is -2.22. The van der Waals surface area contributed by atoms with E-state index in [1.165, 1.54) is 0 Å². The van der Waals surface area contributed by atoms with Crippen LogP contribution < -0.4 is 5.32 Å². The Morgan fingerprint density at radius 3 is 1.92 bits per heavy atom. The van der Waals surface area contributed by atoms with Gasteiger partial charge in [-0.1, -0.05) is 48.5 Å². The van der Waals surface area contributed by atoms with Gasteiger partial charge >= 0.3 is 0 Å². The molecular formula is C18H19Cl2N3O. The third-order valence-corrected chi connectivity index (χ3v) is 3.75. The van der Waals surface area contributed by atoms with E-state index in [-0.39, 0.29) is 5.91 Å². The summed E-state index contributed by atoms with van der Waals surface area (Å²) >= 11 is 12.1. The number of benzene rings is 2. The van der Waals surface area contributed by atoms with Crippen LogP contribution in [0, 0.1) is 0 Å². The van der Waals surface area contributed by atoms with Crippen molar-refractivity contribution in [1.82, 2.24) is 10.2 Å². The number of amidine groups is 1. The molecule has 0 heterocycles. The van der Waals surface area contributed by atoms with Gasteiger partial charge in [0.25, 0.3) is 5.91 Å². The van der Waals surface area contributed by atoms with E-state index in [4.69, 9.17) is 23.2 Å². The minimum Gasteiger partial charge on any atom is -0.362 e. The molecule has 1 N–H and O–H groups in total. The van der Waals surface area contributed by atoms with Crippen molar-refractivity contribution in [3.63, 3.8) is 0 Å². The van der Waals surface area contributed by atoms with Gasteiger partial charge in [-0.05, 0) is 12.1 Å². The van der Waals surface area contributed by atoms with Crippen LogP contribution in [0.4, 0.5) is 0 Å². The van der Waals surface area contributed by atoms with Gasteiger partial charge in [0.1, 0.15) is 10.7 Å². The average Bonchev–Trinajstić information content (AvgIpc) is 2.59. The largest absolute Gasteiger partial charge is 0.362 e. The van der Waals surface area contributed by atoms with Gasteiger partial charge in [-0.25, -0.2) is 4.99 Å². The van der Waals surface area contributed by atoms with Crippen LogP contribution in [0.15, 0.2) is 65.7 Å². The SMILES string of the molecule is CN(C)/C(=N\C(NC(=O)c1ccccc1)C(Cl)Cl)c1ccccc1. The molecule has 0 spiro atoms. The molecular weight excluding hydrogens is 345 g/mol. The van der Waals surface area contributed by atoms with Crippen molar-refractivity contribution in [2.75, 3.05) is 14.1 Å². The number of carbonyl (C=O) groups is 1. The Balaban J connectivity index is 2.27. The van der Waals surface area contributed by atoms with Gasteiger partial charge in [0.2, 0.25) is 0 Å². The number of hydrogen-bond donors (Lipinski definition) is 1. The van der Waals surface area contributed by atoms with Gasteiger partial charge < -0.3 is 10.2 Å². The van der Waals surface area contributed by atoms with Crippen molar-refractivity contribution < 1.29 is 4.79 Å². The van der Waals surface area contributed by atoms with E-state index in [0.29, 0.717) is 11.4 Å². The molecule has 0 saturated heterocycles. The monoisotopic (exact) mass is 363 g/mol. The van der Waals surface area contributed by atoms with Crippen LogP contribution in [0.1, 0.15) is 15.9 Å². The van der Waals surface area contributed by atoms with Crippen molar-refractivity contribution in [2.24, 2.45) is 4.99 Å². The second-order valence-corrected chi connectivity index (χ2v) is 6.50. The van der Waals surface area contributed by atoms with Crippen LogP contribution in [-0.4, -0.2) is 41.7 Å². The van der Waals surface area contributed by atoms with Gasteiger partial charge in [-0.3, -0.25) is 4.79 Å². The highest BCUT2D eigenvalue weighted by Crippen LogP contribution is 2.13. The Labute approximate surface area is 152 Å². The van der Waals surface area contributed by atoms with Gasteiger partial charge in [0.05, 0.1) is 0 Å². The molecule has 24 heavy (non-hydrogen) atoms. The second kappa shape index (κ2) is 8.71. The topological polar surface area (TPSA) is 44.7 Å². The summed E-state index contributed by atoms with van der Waals surface area (Å²) in [5.41, 5.74) is 1.44. The maximum Gasteiger partial charge on any atom is 0.252 e. The smallest absolute Gasteiger partial charge is 0.252 e. The minimum atomic E-state index is -0.878. The molecule has 2 aromatic carbocycles. The van der Waals surface area contributed by atoms with Gasteiger partial charge in [-0.15, -0.1) is 23.2 Å². The number of amides is 1. The normalized spacial score (nSPS) is 12.8. The van der Waals surface area contributed by atoms with Crippen LogP contribution in [0.2, 0.25) is 0 Å². The number of halogens is 2. The first-order chi connectivity index (χ1) is 11.5. The molecule has 1 amide bonds. The van der Waals surface area contributed by atoms with Crippen molar-refractivity contribution in [3.05, 3.63) is 71.8 Å². The van der Waals surface area contributed by atoms with Crippen LogP contribution in [0.25, 0.3) is 0 Å². The van der Waals surface area contributed by atoms with Crippen LogP contribution in [-0.2, 0) is 0 Å². The molecule has 0 aliphatic heterocycles. The Morgan fingerprint density at radius 2 is 1.46 bits per heavy atom. The maximum atomic E-state index is 12.3. The predicted molar refractivity (Wildman–Crippen MR) is 99.9 cm³/mol. The molecule has 1 atom stereocenters. The van der Waals surface area contributed by atoms with Crippen molar-refractivity contribution in [3.8, 4) is 0 Å². The number of nitrogens with zero attached hydrogens (tertiary/aromatic N) is 2. The number of hydrogen-bond acceptors (Lipinski definition) is 2. The lowest BCUT2D eigenvalue weighted by molar-refractivity contribution is 0.0940. The number of nitrogens with one attached hydrogen (secondary N) is 1. The van der Waals surface area contributed by atoms with Crippen LogP contribution in [0.5, 0.6) is 0 Å². The van der Waals surface area contributed by atoms with Crippen molar-refractivity contribution >= 4 is 34.9 Å². The van der Waals surface area contributed by atoms with E-state index < -0.39 is 11.0 Å². The zero-order chi connectivity index (χ0) is 17.5. The van der Waals surface area contributed by atoms with Gasteiger partial charge in [-0.2, -0.15) is 0 Å². The molecule has 1 unspecified atom stereocenters. The highest BCUT2D eigenvalue weighted by molar-refractivity contribution is 6.45. The van der Waals surface area contributed by atoms with E-state index in [1.807, 2.05) is 55.4 Å². The zero-order valence-corrected chi connectivity index (χ0v) is 15.0. The summed E-state index contributed by atoms with van der Waals surface area (Å²) in [7, 11) is 3.75. The van der Waals surface area contributed by atoms with E-state index in [2.05, 4.69) is 10.3 Å². The molecule has 6 heteroatoms. The highest BCUT2D eigenvalue weighted by atomic mass is 35.5. The van der Waals surface area contributed by atoms with Gasteiger partial charge in [0.15, 0.2) is 6.17 Å². The Kier molecular flexibility index (Phi) is 6.64. The highest BCUT2D eigenvalue weighted by Gasteiger charge is 2.21. The summed E-state index contributed by atoms with van der Waals surface area (Å²) in [5, 5.41) is 2.77. The predicted octanol–water partition coefficient (Wildman–Crippen LogP) is 3.55. The first-order valence-electron chi connectivity index (χ1n) is 7.43. The van der Waals surface area contributed by atoms with E-state index in [1.54, 1.807) is 24.3 Å². The summed E-state index contributed by atoms with van der Waals surface area (Å²) in [6.07, 6.45) is -0.765. The number of alkyl halides is 2. The minimum absolute atomic E-state index is 0.276. The maximum absolute atomic E-state index is 12.3. The lowest BCUT2D eigenvalue weighted by Crippen LogP contribution is -2.40. The fourth-order valence-electron chi connectivity index (χ4n) is 2.13. The first kappa shape index (κ1) is 18.3. The van der Waals surface area contributed by atoms with Gasteiger partial charge in [0, 0.05) is 25.2 Å². The molecule has 126 valence electrons. The van der Waals surface area contributed by atoms with Crippen molar-refractivity contribution in [2.45, 2.75) is 11.0 Å². The average molecular weight is 364 g/mol. The van der Waals surface area contributed by atoms with E-state index >= 15 is 0 Å². The number of rotatable bonds is 5. The fourth-order valence-corrected chi connectivity index (χ4v) is 2.36. The molecule has 4 nitrogen and oxygen atoms in total. The summed E-state index contributed by atoms with van der Waals surface area (Å²) < 4.78 is 0. The fraction of sp³-hybridized carbons (Fsp3) is 0.222. The first-order valence-corrected chi connectivity index (χ1v) is 8.31. The van der Waals surface area contributed by atoms with Crippen molar-refractivity contribution in [1.29, 1.82) is 0 Å². The van der Waals surface area contributed by atoms with E-state index in [0.717, 1.165) is 5.56 Å². The number of aliphatic imine (C=N–C) groups is 1. The Hall–Kier alpha value is -2.04. The quantitative estimate of drug-likeness (QED) is 0.501. The molecule has 2 rings (SSSR count). The molecule has 0 aliphatic rings. The lowest BCUT2D eigenvalue weighted by atomic mass is 10.2. The molecule has 0 fully saturated rings. The Morgan fingerprint density at radius 1 is 0.958 bits per heavy atom. The second-order valence-electron chi connectivity index (χ2n) is 5.33. The molecule has 2 aromatic rings. The number of carbonyl (C=O) groups excluding carboxylic acids is 1. The van der Waals surface area contributed by atoms with Crippen LogP contribution >= 0.6 is 23.2 Å².